The minimum absolute atomic E-state index is 0.00352. The summed E-state index contributed by atoms with van der Waals surface area (Å²) in [4.78, 5) is 37.1. The van der Waals surface area contributed by atoms with E-state index in [-0.39, 0.29) is 46.3 Å². The summed E-state index contributed by atoms with van der Waals surface area (Å²) < 4.78 is 82.0. The second-order valence-electron chi connectivity index (χ2n) is 9.60. The molecule has 0 atom stereocenters. The Balaban J connectivity index is 1.53. The van der Waals surface area contributed by atoms with E-state index in [2.05, 4.69) is 31.6 Å². The molecule has 0 aliphatic carbocycles. The quantitative estimate of drug-likeness (QED) is 0.134. The van der Waals surface area contributed by atoms with Gasteiger partial charge in [0.05, 0.1) is 50.7 Å². The summed E-state index contributed by atoms with van der Waals surface area (Å²) in [6.07, 6.45) is -7.64. The average Bonchev–Trinajstić information content (AvgIpc) is 3.71. The van der Waals surface area contributed by atoms with Gasteiger partial charge in [-0.25, -0.2) is 9.67 Å². The number of nitrogens with one attached hydrogen (secondary N) is 3. The van der Waals surface area contributed by atoms with Crippen molar-refractivity contribution in [3.8, 4) is 17.1 Å². The third kappa shape index (κ3) is 6.63. The molecular formula is C26H18F6N10O5. The predicted octanol–water partition coefficient (Wildman–Crippen LogP) is 4.76. The molecule has 0 spiro atoms. The minimum atomic E-state index is -5.05. The molecule has 2 aromatic heterocycles. The lowest BCUT2D eigenvalue weighted by molar-refractivity contribution is -0.388. The minimum Gasteiger partial charge on any atom is -0.352 e. The van der Waals surface area contributed by atoms with Gasteiger partial charge in [-0.1, -0.05) is 5.21 Å². The molecule has 0 bridgehead atoms. The van der Waals surface area contributed by atoms with Gasteiger partial charge in [-0.2, -0.15) is 26.3 Å². The van der Waals surface area contributed by atoms with Gasteiger partial charge in [-0.15, -0.1) is 10.6 Å². The molecule has 0 radical (unpaired) electrons. The van der Waals surface area contributed by atoms with Gasteiger partial charge in [0.25, 0.3) is 17.3 Å². The third-order valence-electron chi connectivity index (χ3n) is 6.53. The van der Waals surface area contributed by atoms with Crippen LogP contribution < -0.4 is 21.3 Å². The molecular weight excluding hydrogens is 646 g/mol. The van der Waals surface area contributed by atoms with Crippen molar-refractivity contribution in [1.29, 1.82) is 0 Å². The molecule has 15 nitrogen and oxygen atoms in total. The highest BCUT2D eigenvalue weighted by Crippen LogP contribution is 2.39. The lowest BCUT2D eigenvalue weighted by Gasteiger charge is -2.17. The average molecular weight is 664 g/mol. The van der Waals surface area contributed by atoms with Crippen LogP contribution >= 0.6 is 0 Å². The van der Waals surface area contributed by atoms with Gasteiger partial charge in [-0.3, -0.25) is 35.5 Å². The van der Waals surface area contributed by atoms with Gasteiger partial charge in [-0.05, 0) is 43.3 Å². The number of hydrazine groups is 2. The molecule has 0 unspecified atom stereocenters. The van der Waals surface area contributed by atoms with Crippen molar-refractivity contribution >= 4 is 28.7 Å². The Labute approximate surface area is 257 Å². The van der Waals surface area contributed by atoms with Gasteiger partial charge in [0.15, 0.2) is 0 Å². The summed E-state index contributed by atoms with van der Waals surface area (Å²) in [6, 6.07) is 7.22. The molecule has 3 N–H and O–H groups in total. The molecule has 21 heteroatoms. The summed E-state index contributed by atoms with van der Waals surface area (Å²) in [5, 5.41) is 33.6. The number of amides is 1. The van der Waals surface area contributed by atoms with E-state index in [1.807, 2.05) is 0 Å². The van der Waals surface area contributed by atoms with Crippen LogP contribution in [0.4, 0.5) is 43.4 Å². The maximum Gasteiger partial charge on any atom is 0.423 e. The lowest BCUT2D eigenvalue weighted by Crippen LogP contribution is -2.36. The summed E-state index contributed by atoms with van der Waals surface area (Å²) >= 11 is 0. The Morgan fingerprint density at radius 3 is 2.02 bits per heavy atom. The Hall–Kier alpha value is -6.12. The summed E-state index contributed by atoms with van der Waals surface area (Å²) in [5.74, 6) is -0.552. The fourth-order valence-corrected chi connectivity index (χ4v) is 4.40. The number of carbonyl (C=O) groups is 1. The van der Waals surface area contributed by atoms with Crippen LogP contribution in [-0.4, -0.2) is 42.3 Å². The molecule has 0 saturated heterocycles. The molecule has 1 aliphatic rings. The van der Waals surface area contributed by atoms with Crippen molar-refractivity contribution in [1.82, 2.24) is 36.3 Å². The second-order valence-corrected chi connectivity index (χ2v) is 9.60. The predicted molar refractivity (Wildman–Crippen MR) is 149 cm³/mol. The highest BCUT2D eigenvalue weighted by atomic mass is 19.4. The number of pyridine rings is 1. The van der Waals surface area contributed by atoms with Crippen LogP contribution in [0.25, 0.3) is 22.8 Å². The maximum atomic E-state index is 13.5. The van der Waals surface area contributed by atoms with E-state index in [1.165, 1.54) is 24.5 Å². The molecule has 3 heterocycles. The van der Waals surface area contributed by atoms with E-state index in [0.717, 1.165) is 21.8 Å². The number of hydrogen-bond acceptors (Lipinski definition) is 11. The van der Waals surface area contributed by atoms with Gasteiger partial charge in [0.2, 0.25) is 0 Å². The first-order valence-corrected chi connectivity index (χ1v) is 13.0. The van der Waals surface area contributed by atoms with E-state index >= 15 is 0 Å². The van der Waals surface area contributed by atoms with Crippen LogP contribution in [0.2, 0.25) is 0 Å². The number of carbonyl (C=O) groups excluding carboxylic acids is 1. The Kier molecular flexibility index (Phi) is 8.24. The molecule has 0 saturated carbocycles. The van der Waals surface area contributed by atoms with Gasteiger partial charge in [0.1, 0.15) is 16.8 Å². The number of nitro benzene ring substituents is 2. The SMILES string of the molecule is CCNC(=O)c1cc(C2=CN(c3ccc([N+](=O)[O-])c(C(F)(F)F)c3)NN2)nc(-c2cn(-c3ccc([N+](=O)[O-])c(C(F)(F)F)c3)nn2)c1. The fourth-order valence-electron chi connectivity index (χ4n) is 4.40. The van der Waals surface area contributed by atoms with Crippen LogP contribution in [0, 0.1) is 20.2 Å². The molecule has 1 aliphatic heterocycles. The van der Waals surface area contributed by atoms with Crippen molar-refractivity contribution in [3.63, 3.8) is 0 Å². The number of hydrogen-bond donors (Lipinski definition) is 3. The van der Waals surface area contributed by atoms with E-state index < -0.39 is 50.6 Å². The molecule has 5 rings (SSSR count). The summed E-state index contributed by atoms with van der Waals surface area (Å²) in [6.45, 7) is 1.90. The van der Waals surface area contributed by atoms with Crippen molar-refractivity contribution in [2.75, 3.05) is 11.6 Å². The van der Waals surface area contributed by atoms with Crippen LogP contribution in [0.15, 0.2) is 60.9 Å². The van der Waals surface area contributed by atoms with Crippen LogP contribution in [0.5, 0.6) is 0 Å². The molecule has 2 aromatic carbocycles. The first-order valence-electron chi connectivity index (χ1n) is 13.0. The number of aromatic nitrogens is 4. The summed E-state index contributed by atoms with van der Waals surface area (Å²) in [7, 11) is 0. The zero-order valence-corrected chi connectivity index (χ0v) is 23.4. The Morgan fingerprint density at radius 2 is 1.45 bits per heavy atom. The summed E-state index contributed by atoms with van der Waals surface area (Å²) in [5.41, 5.74) is -0.197. The van der Waals surface area contributed by atoms with Gasteiger partial charge >= 0.3 is 12.4 Å². The van der Waals surface area contributed by atoms with Gasteiger partial charge in [0, 0.05) is 24.2 Å². The Morgan fingerprint density at radius 1 is 0.872 bits per heavy atom. The zero-order valence-electron chi connectivity index (χ0n) is 23.4. The van der Waals surface area contributed by atoms with Crippen LogP contribution in [0.3, 0.4) is 0 Å². The van der Waals surface area contributed by atoms with Crippen molar-refractivity contribution in [2.24, 2.45) is 0 Å². The van der Waals surface area contributed by atoms with E-state index in [4.69, 9.17) is 0 Å². The molecule has 4 aromatic rings. The number of nitro groups is 2. The van der Waals surface area contributed by atoms with Crippen LogP contribution in [-0.2, 0) is 12.4 Å². The molecule has 47 heavy (non-hydrogen) atoms. The number of alkyl halides is 6. The molecule has 244 valence electrons. The maximum absolute atomic E-state index is 13.5. The van der Waals surface area contributed by atoms with E-state index in [9.17, 15) is 51.4 Å². The van der Waals surface area contributed by atoms with E-state index in [1.54, 1.807) is 6.92 Å². The number of halogens is 6. The zero-order chi connectivity index (χ0) is 34.3. The Bertz CT molecular complexity index is 1940. The number of anilines is 1. The third-order valence-corrected chi connectivity index (χ3v) is 6.53. The normalized spacial score (nSPS) is 13.3. The standard InChI is InChI=1S/C26H18F6N10O5/c1-2-33-24(43)13-7-18(20-11-39(37-35-20)14-3-5-22(41(44)45)16(9-14)25(27,28)29)34-19(8-13)21-12-40(38-36-21)15-4-6-23(42(46)47)17(10-15)26(30,31)32/h3-12,35,37H,2H2,1H3,(H,33,43). The van der Waals surface area contributed by atoms with Crippen molar-refractivity contribution in [3.05, 3.63) is 104 Å². The second kappa shape index (κ2) is 12.0. The topological polar surface area (TPSA) is 186 Å². The number of rotatable bonds is 8. The first-order chi connectivity index (χ1) is 22.1. The highest BCUT2D eigenvalue weighted by Gasteiger charge is 2.40. The number of nitrogens with zero attached hydrogens (tertiary/aromatic N) is 7. The lowest BCUT2D eigenvalue weighted by atomic mass is 10.1. The monoisotopic (exact) mass is 664 g/mol. The van der Waals surface area contributed by atoms with Crippen molar-refractivity contribution < 1.29 is 41.0 Å². The molecule has 1 amide bonds. The fraction of sp³-hybridized carbons (Fsp3) is 0.154. The molecule has 0 fully saturated rings. The van der Waals surface area contributed by atoms with E-state index in [0.29, 0.717) is 24.3 Å². The van der Waals surface area contributed by atoms with Gasteiger partial charge < -0.3 is 5.32 Å². The number of benzene rings is 2. The smallest absolute Gasteiger partial charge is 0.352 e. The largest absolute Gasteiger partial charge is 0.423 e. The van der Waals surface area contributed by atoms with Crippen molar-refractivity contribution in [2.45, 2.75) is 19.3 Å². The first kappa shape index (κ1) is 32.3. The highest BCUT2D eigenvalue weighted by molar-refractivity contribution is 5.96. The van der Waals surface area contributed by atoms with Crippen LogP contribution in [0.1, 0.15) is 34.1 Å².